The monoisotopic (exact) mass is 279 g/mol. The number of hydrogen-bond donors (Lipinski definition) is 3. The molecule has 112 valence electrons. The van der Waals surface area contributed by atoms with Crippen LogP contribution in [0, 0.1) is 0 Å². The minimum atomic E-state index is -0.538. The van der Waals surface area contributed by atoms with Crippen molar-refractivity contribution in [1.82, 2.24) is 10.3 Å². The Labute approximate surface area is 120 Å². The van der Waals surface area contributed by atoms with Gasteiger partial charge in [-0.05, 0) is 31.4 Å². The van der Waals surface area contributed by atoms with Crippen LogP contribution in [0.4, 0.5) is 5.69 Å². The van der Waals surface area contributed by atoms with Gasteiger partial charge in [0.15, 0.2) is 0 Å². The van der Waals surface area contributed by atoms with Crippen molar-refractivity contribution in [3.8, 4) is 0 Å². The molecule has 0 bridgehead atoms. The third-order valence-electron chi connectivity index (χ3n) is 4.32. The number of nitrogens with zero attached hydrogens (tertiary/aromatic N) is 2. The topological polar surface area (TPSA) is 68.6 Å². The van der Waals surface area contributed by atoms with E-state index in [-0.39, 0.29) is 13.2 Å². The number of aromatic nitrogens is 1. The summed E-state index contributed by atoms with van der Waals surface area (Å²) in [7, 11) is 0. The Kier molecular flexibility index (Phi) is 5.34. The van der Waals surface area contributed by atoms with Crippen LogP contribution < -0.4 is 10.2 Å². The number of piperidine rings is 1. The molecule has 0 unspecified atom stereocenters. The number of pyridine rings is 1. The predicted octanol–water partition coefficient (Wildman–Crippen LogP) is 0.773. The molecular weight excluding hydrogens is 254 g/mol. The van der Waals surface area contributed by atoms with Gasteiger partial charge in [-0.1, -0.05) is 6.92 Å². The second kappa shape index (κ2) is 7.02. The van der Waals surface area contributed by atoms with Crippen LogP contribution in [0.25, 0.3) is 0 Å². The third-order valence-corrected chi connectivity index (χ3v) is 4.32. The first-order chi connectivity index (χ1) is 9.73. The maximum atomic E-state index is 9.50. The molecule has 0 radical (unpaired) electrons. The van der Waals surface area contributed by atoms with E-state index < -0.39 is 5.54 Å². The molecule has 0 saturated carbocycles. The molecule has 1 saturated heterocycles. The van der Waals surface area contributed by atoms with Gasteiger partial charge >= 0.3 is 0 Å². The number of aliphatic hydroxyl groups excluding tert-OH is 2. The molecule has 1 fully saturated rings. The molecule has 3 N–H and O–H groups in total. The first-order valence-corrected chi connectivity index (χ1v) is 7.37. The van der Waals surface area contributed by atoms with Crippen molar-refractivity contribution in [3.63, 3.8) is 0 Å². The van der Waals surface area contributed by atoms with Gasteiger partial charge in [0.05, 0.1) is 18.8 Å². The molecule has 5 nitrogen and oxygen atoms in total. The average Bonchev–Trinajstić information content (AvgIpc) is 2.54. The molecule has 5 heteroatoms. The zero-order chi connectivity index (χ0) is 14.4. The first kappa shape index (κ1) is 15.2. The molecule has 0 aliphatic carbocycles. The predicted molar refractivity (Wildman–Crippen MR) is 79.8 cm³/mol. The Balaban J connectivity index is 1.88. The van der Waals surface area contributed by atoms with Crippen LogP contribution >= 0.6 is 0 Å². The lowest BCUT2D eigenvalue weighted by atomic mass is 9.94. The first-order valence-electron chi connectivity index (χ1n) is 7.37. The van der Waals surface area contributed by atoms with Crippen LogP contribution in [0.5, 0.6) is 0 Å². The second-order valence-electron chi connectivity index (χ2n) is 5.56. The summed E-state index contributed by atoms with van der Waals surface area (Å²) < 4.78 is 0. The van der Waals surface area contributed by atoms with E-state index in [0.29, 0.717) is 6.04 Å². The molecule has 0 atom stereocenters. The third kappa shape index (κ3) is 3.48. The number of rotatable bonds is 6. The van der Waals surface area contributed by atoms with Crippen molar-refractivity contribution in [2.75, 3.05) is 31.2 Å². The zero-order valence-electron chi connectivity index (χ0n) is 12.1. The Morgan fingerprint density at radius 1 is 1.25 bits per heavy atom. The van der Waals surface area contributed by atoms with Gasteiger partial charge in [0.25, 0.3) is 0 Å². The van der Waals surface area contributed by atoms with Crippen molar-refractivity contribution in [1.29, 1.82) is 0 Å². The van der Waals surface area contributed by atoms with Crippen LogP contribution in [-0.2, 0) is 0 Å². The van der Waals surface area contributed by atoms with E-state index in [4.69, 9.17) is 0 Å². The van der Waals surface area contributed by atoms with E-state index in [1.165, 1.54) is 5.69 Å². The van der Waals surface area contributed by atoms with E-state index in [9.17, 15) is 10.2 Å². The Hall–Kier alpha value is -1.17. The highest BCUT2D eigenvalue weighted by Gasteiger charge is 2.31. The molecule has 0 amide bonds. The molecule has 0 spiro atoms. The second-order valence-corrected chi connectivity index (χ2v) is 5.56. The highest BCUT2D eigenvalue weighted by atomic mass is 16.3. The van der Waals surface area contributed by atoms with E-state index in [1.54, 1.807) is 0 Å². The summed E-state index contributed by atoms with van der Waals surface area (Å²) >= 11 is 0. The quantitative estimate of drug-likeness (QED) is 0.718. The molecule has 0 aromatic carbocycles. The molecule has 1 aliphatic heterocycles. The van der Waals surface area contributed by atoms with Crippen molar-refractivity contribution in [2.24, 2.45) is 0 Å². The van der Waals surface area contributed by atoms with Gasteiger partial charge in [-0.25, -0.2) is 0 Å². The molecular formula is C15H25N3O2. The molecule has 1 aromatic rings. The lowest BCUT2D eigenvalue weighted by Crippen LogP contribution is -2.57. The SMILES string of the molecule is CCC(CO)(CO)NC1CCN(c2ccncc2)CC1. The zero-order valence-corrected chi connectivity index (χ0v) is 12.1. The van der Waals surface area contributed by atoms with E-state index in [0.717, 1.165) is 32.4 Å². The van der Waals surface area contributed by atoms with Crippen LogP contribution in [0.15, 0.2) is 24.5 Å². The van der Waals surface area contributed by atoms with Crippen LogP contribution in [-0.4, -0.2) is 53.1 Å². The number of anilines is 1. The smallest absolute Gasteiger partial charge is 0.0647 e. The highest BCUT2D eigenvalue weighted by Crippen LogP contribution is 2.21. The van der Waals surface area contributed by atoms with Crippen molar-refractivity contribution in [2.45, 2.75) is 37.8 Å². The summed E-state index contributed by atoms with van der Waals surface area (Å²) in [5.74, 6) is 0. The van der Waals surface area contributed by atoms with E-state index in [2.05, 4.69) is 15.2 Å². The Morgan fingerprint density at radius 2 is 1.85 bits per heavy atom. The minimum Gasteiger partial charge on any atom is -0.394 e. The number of aliphatic hydroxyl groups is 2. The summed E-state index contributed by atoms with van der Waals surface area (Å²) in [5.41, 5.74) is 0.674. The standard InChI is InChI=1S/C15H25N3O2/c1-2-15(11-19,12-20)17-13-5-9-18(10-6-13)14-3-7-16-8-4-14/h3-4,7-8,13,17,19-20H,2,5-6,9-12H2,1H3. The van der Waals surface area contributed by atoms with Crippen LogP contribution in [0.3, 0.4) is 0 Å². The van der Waals surface area contributed by atoms with Gasteiger partial charge in [-0.15, -0.1) is 0 Å². The van der Waals surface area contributed by atoms with Gasteiger partial charge in [-0.3, -0.25) is 4.98 Å². The molecule has 1 aromatic heterocycles. The van der Waals surface area contributed by atoms with Gasteiger partial charge in [0.2, 0.25) is 0 Å². The highest BCUT2D eigenvalue weighted by molar-refractivity contribution is 5.44. The minimum absolute atomic E-state index is 0.0232. The van der Waals surface area contributed by atoms with E-state index >= 15 is 0 Å². The van der Waals surface area contributed by atoms with Gasteiger partial charge in [0.1, 0.15) is 0 Å². The van der Waals surface area contributed by atoms with Crippen LogP contribution in [0.1, 0.15) is 26.2 Å². The summed E-state index contributed by atoms with van der Waals surface area (Å²) in [6.45, 7) is 3.91. The molecule has 20 heavy (non-hydrogen) atoms. The van der Waals surface area contributed by atoms with Crippen molar-refractivity contribution in [3.05, 3.63) is 24.5 Å². The van der Waals surface area contributed by atoms with Gasteiger partial charge < -0.3 is 20.4 Å². The average molecular weight is 279 g/mol. The van der Waals surface area contributed by atoms with E-state index in [1.807, 2.05) is 31.5 Å². The summed E-state index contributed by atoms with van der Waals surface area (Å²) in [6, 6.07) is 4.42. The molecule has 2 heterocycles. The van der Waals surface area contributed by atoms with Crippen molar-refractivity contribution >= 4 is 5.69 Å². The van der Waals surface area contributed by atoms with Crippen LogP contribution in [0.2, 0.25) is 0 Å². The number of nitrogens with one attached hydrogen (secondary N) is 1. The summed E-state index contributed by atoms with van der Waals surface area (Å²) in [4.78, 5) is 6.39. The lowest BCUT2D eigenvalue weighted by molar-refractivity contribution is 0.0742. The van der Waals surface area contributed by atoms with Gasteiger partial charge in [0, 0.05) is 37.2 Å². The Morgan fingerprint density at radius 3 is 2.35 bits per heavy atom. The molecule has 1 aliphatic rings. The largest absolute Gasteiger partial charge is 0.394 e. The van der Waals surface area contributed by atoms with Gasteiger partial charge in [-0.2, -0.15) is 0 Å². The maximum Gasteiger partial charge on any atom is 0.0647 e. The fourth-order valence-electron chi connectivity index (χ4n) is 2.74. The fourth-order valence-corrected chi connectivity index (χ4v) is 2.74. The maximum absolute atomic E-state index is 9.50. The molecule has 2 rings (SSSR count). The Bertz CT molecular complexity index is 379. The van der Waals surface area contributed by atoms with Crippen molar-refractivity contribution < 1.29 is 10.2 Å². The number of hydrogen-bond acceptors (Lipinski definition) is 5. The summed E-state index contributed by atoms with van der Waals surface area (Å²) in [5, 5.41) is 22.4. The normalized spacial score (nSPS) is 17.4. The lowest BCUT2D eigenvalue weighted by Gasteiger charge is -2.39. The summed E-state index contributed by atoms with van der Waals surface area (Å²) in [6.07, 6.45) is 6.40. The fraction of sp³-hybridized carbons (Fsp3) is 0.667.